The van der Waals surface area contributed by atoms with E-state index in [0.29, 0.717) is 10.8 Å². The fourth-order valence-corrected chi connectivity index (χ4v) is 1.94. The number of hydrogen-bond donors (Lipinski definition) is 1. The lowest BCUT2D eigenvalue weighted by molar-refractivity contribution is 0.415. The Bertz CT molecular complexity index is 537. The van der Waals surface area contributed by atoms with E-state index in [1.54, 1.807) is 7.11 Å². The number of hydrogen-bond acceptors (Lipinski definition) is 3. The summed E-state index contributed by atoms with van der Waals surface area (Å²) in [6.07, 6.45) is 0. The Labute approximate surface area is 105 Å². The topological polar surface area (TPSA) is 39.1 Å². The summed E-state index contributed by atoms with van der Waals surface area (Å²) in [5.41, 5.74) is 2.01. The van der Waals surface area contributed by atoms with Gasteiger partial charge in [0, 0.05) is 25.7 Å². The zero-order valence-electron chi connectivity index (χ0n) is 9.99. The number of aromatic nitrogens is 2. The van der Waals surface area contributed by atoms with Gasteiger partial charge in [-0.3, -0.25) is 4.68 Å². The third kappa shape index (κ3) is 2.22. The Morgan fingerprint density at radius 1 is 1.35 bits per heavy atom. The average molecular weight is 252 g/mol. The second-order valence-corrected chi connectivity index (χ2v) is 4.04. The van der Waals surface area contributed by atoms with E-state index in [4.69, 9.17) is 16.3 Å². The minimum absolute atomic E-state index is 0.595. The molecular formula is C12H14ClN3O. The lowest BCUT2D eigenvalue weighted by atomic mass is 10.1. The first-order chi connectivity index (χ1) is 8.15. The second kappa shape index (κ2) is 4.67. The van der Waals surface area contributed by atoms with Crippen molar-refractivity contribution < 1.29 is 4.74 Å². The van der Waals surface area contributed by atoms with Gasteiger partial charge in [-0.15, -0.1) is 0 Å². The molecule has 0 fully saturated rings. The van der Waals surface area contributed by atoms with Crippen LogP contribution in [0.15, 0.2) is 24.3 Å². The summed E-state index contributed by atoms with van der Waals surface area (Å²) < 4.78 is 6.94. The monoisotopic (exact) mass is 251 g/mol. The van der Waals surface area contributed by atoms with Gasteiger partial charge in [-0.05, 0) is 18.2 Å². The third-order valence-electron chi connectivity index (χ3n) is 2.58. The standard InChI is InChI=1S/C12H14ClN3O/c1-14-12-7-10(16(2)15-12)8-4-5-11(17-3)9(13)6-8/h4-7H,1-3H3,(H,14,15). The van der Waals surface area contributed by atoms with Gasteiger partial charge < -0.3 is 10.1 Å². The smallest absolute Gasteiger partial charge is 0.148 e. The van der Waals surface area contributed by atoms with Crippen molar-refractivity contribution in [1.82, 2.24) is 9.78 Å². The first-order valence-corrected chi connectivity index (χ1v) is 5.59. The number of anilines is 1. The Morgan fingerprint density at radius 2 is 2.12 bits per heavy atom. The zero-order valence-corrected chi connectivity index (χ0v) is 10.7. The van der Waals surface area contributed by atoms with Crippen molar-refractivity contribution in [2.45, 2.75) is 0 Å². The maximum Gasteiger partial charge on any atom is 0.148 e. The number of nitrogens with zero attached hydrogens (tertiary/aromatic N) is 2. The van der Waals surface area contributed by atoms with Crippen LogP contribution < -0.4 is 10.1 Å². The van der Waals surface area contributed by atoms with Crippen LogP contribution in [0.1, 0.15) is 0 Å². The van der Waals surface area contributed by atoms with Crippen molar-refractivity contribution in [3.8, 4) is 17.0 Å². The Kier molecular flexibility index (Phi) is 3.24. The maximum absolute atomic E-state index is 6.10. The van der Waals surface area contributed by atoms with E-state index in [2.05, 4.69) is 10.4 Å². The largest absolute Gasteiger partial charge is 0.495 e. The number of halogens is 1. The highest BCUT2D eigenvalue weighted by atomic mass is 35.5. The number of ether oxygens (including phenoxy) is 1. The predicted octanol–water partition coefficient (Wildman–Crippen LogP) is 2.79. The van der Waals surface area contributed by atoms with Gasteiger partial charge in [-0.1, -0.05) is 11.6 Å². The van der Waals surface area contributed by atoms with Gasteiger partial charge in [0.1, 0.15) is 11.6 Å². The van der Waals surface area contributed by atoms with Gasteiger partial charge in [0.2, 0.25) is 0 Å². The van der Waals surface area contributed by atoms with E-state index in [9.17, 15) is 0 Å². The molecule has 0 amide bonds. The fraction of sp³-hybridized carbons (Fsp3) is 0.250. The summed E-state index contributed by atoms with van der Waals surface area (Å²) in [7, 11) is 5.34. The summed E-state index contributed by atoms with van der Waals surface area (Å²) in [6, 6.07) is 7.65. The van der Waals surface area contributed by atoms with Crippen molar-refractivity contribution in [3.63, 3.8) is 0 Å². The molecule has 0 saturated carbocycles. The summed E-state index contributed by atoms with van der Waals surface area (Å²) in [5.74, 6) is 1.50. The first kappa shape index (κ1) is 11.8. The van der Waals surface area contributed by atoms with Gasteiger partial charge in [-0.2, -0.15) is 5.10 Å². The highest BCUT2D eigenvalue weighted by molar-refractivity contribution is 6.32. The van der Waals surface area contributed by atoms with Gasteiger partial charge >= 0.3 is 0 Å². The van der Waals surface area contributed by atoms with Crippen molar-refractivity contribution in [2.24, 2.45) is 7.05 Å². The molecule has 1 N–H and O–H groups in total. The molecule has 0 atom stereocenters. The Hall–Kier alpha value is -1.68. The molecule has 2 rings (SSSR count). The SMILES string of the molecule is CNc1cc(-c2ccc(OC)c(Cl)c2)n(C)n1. The molecule has 1 heterocycles. The molecule has 0 radical (unpaired) electrons. The summed E-state index contributed by atoms with van der Waals surface area (Å²) in [4.78, 5) is 0. The van der Waals surface area contributed by atoms with Gasteiger partial charge in [0.05, 0.1) is 17.8 Å². The molecule has 4 nitrogen and oxygen atoms in total. The Balaban J connectivity index is 2.45. The molecule has 1 aromatic heterocycles. The summed E-state index contributed by atoms with van der Waals surface area (Å²) in [5, 5.41) is 7.91. The minimum Gasteiger partial charge on any atom is -0.495 e. The summed E-state index contributed by atoms with van der Waals surface area (Å²) in [6.45, 7) is 0. The Morgan fingerprint density at radius 3 is 2.65 bits per heavy atom. The normalized spacial score (nSPS) is 10.4. The molecule has 17 heavy (non-hydrogen) atoms. The quantitative estimate of drug-likeness (QED) is 0.912. The first-order valence-electron chi connectivity index (χ1n) is 5.21. The molecule has 90 valence electrons. The van der Waals surface area contributed by atoms with Gasteiger partial charge in [-0.25, -0.2) is 0 Å². The zero-order chi connectivity index (χ0) is 12.4. The van der Waals surface area contributed by atoms with Crippen LogP contribution in [0.4, 0.5) is 5.82 Å². The number of rotatable bonds is 3. The van der Waals surface area contributed by atoms with E-state index < -0.39 is 0 Å². The lowest BCUT2D eigenvalue weighted by Crippen LogP contribution is -1.95. The fourth-order valence-electron chi connectivity index (χ4n) is 1.69. The molecule has 0 unspecified atom stereocenters. The summed E-state index contributed by atoms with van der Waals surface area (Å²) >= 11 is 6.10. The molecule has 0 saturated heterocycles. The van der Waals surface area contributed by atoms with E-state index in [-0.39, 0.29) is 0 Å². The molecule has 0 aliphatic rings. The molecule has 5 heteroatoms. The number of nitrogens with one attached hydrogen (secondary N) is 1. The van der Waals surface area contributed by atoms with Gasteiger partial charge in [0.15, 0.2) is 0 Å². The van der Waals surface area contributed by atoms with E-state index >= 15 is 0 Å². The molecular weight excluding hydrogens is 238 g/mol. The number of benzene rings is 1. The maximum atomic E-state index is 6.10. The van der Waals surface area contributed by atoms with Crippen LogP contribution >= 0.6 is 11.6 Å². The molecule has 1 aromatic carbocycles. The number of methoxy groups -OCH3 is 1. The van der Waals surface area contributed by atoms with Crippen LogP contribution in [0, 0.1) is 0 Å². The van der Waals surface area contributed by atoms with Crippen molar-refractivity contribution in [2.75, 3.05) is 19.5 Å². The van der Waals surface area contributed by atoms with Crippen molar-refractivity contribution in [1.29, 1.82) is 0 Å². The molecule has 0 bridgehead atoms. The minimum atomic E-state index is 0.595. The number of aryl methyl sites for hydroxylation is 1. The van der Waals surface area contributed by atoms with Crippen LogP contribution in [0.25, 0.3) is 11.3 Å². The van der Waals surface area contributed by atoms with Crippen LogP contribution in [-0.4, -0.2) is 23.9 Å². The van der Waals surface area contributed by atoms with Crippen LogP contribution in [0.3, 0.4) is 0 Å². The molecule has 0 spiro atoms. The molecule has 0 aliphatic carbocycles. The van der Waals surface area contributed by atoms with Crippen molar-refractivity contribution >= 4 is 17.4 Å². The van der Waals surface area contributed by atoms with Crippen molar-refractivity contribution in [3.05, 3.63) is 29.3 Å². The van der Waals surface area contributed by atoms with E-state index in [1.165, 1.54) is 0 Å². The van der Waals surface area contributed by atoms with Crippen LogP contribution in [0.2, 0.25) is 5.02 Å². The second-order valence-electron chi connectivity index (χ2n) is 3.64. The molecule has 0 aliphatic heterocycles. The third-order valence-corrected chi connectivity index (χ3v) is 2.88. The average Bonchev–Trinajstić information content (AvgIpc) is 2.70. The molecule has 2 aromatic rings. The van der Waals surface area contributed by atoms with E-state index in [0.717, 1.165) is 17.1 Å². The van der Waals surface area contributed by atoms with Crippen LogP contribution in [0.5, 0.6) is 5.75 Å². The highest BCUT2D eigenvalue weighted by Gasteiger charge is 2.09. The highest BCUT2D eigenvalue weighted by Crippen LogP contribution is 2.30. The van der Waals surface area contributed by atoms with Gasteiger partial charge in [0.25, 0.3) is 0 Å². The predicted molar refractivity (Wildman–Crippen MR) is 69.8 cm³/mol. The van der Waals surface area contributed by atoms with Crippen LogP contribution in [-0.2, 0) is 7.05 Å². The lowest BCUT2D eigenvalue weighted by Gasteiger charge is -2.06. The van der Waals surface area contributed by atoms with E-state index in [1.807, 2.05) is 43.0 Å².